The van der Waals surface area contributed by atoms with Crippen LogP contribution in [-0.4, -0.2) is 7.05 Å². The lowest BCUT2D eigenvalue weighted by atomic mass is 9.96. The molecule has 20 heavy (non-hydrogen) atoms. The number of hydrogen-bond donors (Lipinski definition) is 1. The quantitative estimate of drug-likeness (QED) is 0.518. The Labute approximate surface area is 130 Å². The van der Waals surface area contributed by atoms with Crippen LogP contribution in [0.2, 0.25) is 5.02 Å². The van der Waals surface area contributed by atoms with Gasteiger partial charge in [-0.3, -0.25) is 0 Å². The third-order valence-corrected chi connectivity index (χ3v) is 4.30. The van der Waals surface area contributed by atoms with Gasteiger partial charge in [-0.15, -0.1) is 0 Å². The summed E-state index contributed by atoms with van der Waals surface area (Å²) in [5, 5.41) is 4.28. The zero-order chi connectivity index (χ0) is 14.8. The van der Waals surface area contributed by atoms with Crippen LogP contribution in [0.4, 0.5) is 0 Å². The second kappa shape index (κ2) is 10.2. The fraction of sp³-hybridized carbons (Fsp3) is 0.667. The average molecular weight is 296 g/mol. The first-order valence-electron chi connectivity index (χ1n) is 8.12. The minimum absolute atomic E-state index is 0.435. The zero-order valence-corrected chi connectivity index (χ0v) is 14.1. The molecule has 1 aromatic carbocycles. The summed E-state index contributed by atoms with van der Waals surface area (Å²) in [6.45, 7) is 4.44. The molecule has 0 saturated heterocycles. The molecule has 0 aliphatic heterocycles. The fourth-order valence-corrected chi connectivity index (χ4v) is 2.93. The van der Waals surface area contributed by atoms with Crippen molar-refractivity contribution in [3.8, 4) is 0 Å². The molecule has 1 atom stereocenters. The zero-order valence-electron chi connectivity index (χ0n) is 13.3. The largest absolute Gasteiger partial charge is 0.313 e. The highest BCUT2D eigenvalue weighted by molar-refractivity contribution is 6.30. The predicted molar refractivity (Wildman–Crippen MR) is 90.6 cm³/mol. The van der Waals surface area contributed by atoms with E-state index < -0.39 is 0 Å². The Morgan fingerprint density at radius 1 is 1.05 bits per heavy atom. The van der Waals surface area contributed by atoms with Gasteiger partial charge in [0.2, 0.25) is 0 Å². The van der Waals surface area contributed by atoms with Crippen LogP contribution < -0.4 is 5.32 Å². The molecule has 0 amide bonds. The molecule has 1 aromatic rings. The molecule has 0 spiro atoms. The molecular formula is C18H30ClN. The van der Waals surface area contributed by atoms with E-state index in [0.717, 1.165) is 5.02 Å². The predicted octanol–water partition coefficient (Wildman–Crippen LogP) is 6.05. The van der Waals surface area contributed by atoms with Crippen molar-refractivity contribution in [2.75, 3.05) is 7.05 Å². The van der Waals surface area contributed by atoms with Crippen LogP contribution in [0.3, 0.4) is 0 Å². The first-order chi connectivity index (χ1) is 9.69. The Balaban J connectivity index is 2.34. The fourth-order valence-electron chi connectivity index (χ4n) is 2.75. The maximum atomic E-state index is 6.12. The third kappa shape index (κ3) is 6.28. The maximum absolute atomic E-state index is 6.12. The maximum Gasteiger partial charge on any atom is 0.0409 e. The van der Waals surface area contributed by atoms with E-state index in [2.05, 4.69) is 31.3 Å². The van der Waals surface area contributed by atoms with Crippen molar-refractivity contribution in [2.24, 2.45) is 0 Å². The molecule has 1 unspecified atom stereocenters. The minimum atomic E-state index is 0.435. The van der Waals surface area contributed by atoms with E-state index in [1.165, 1.54) is 62.5 Å². The van der Waals surface area contributed by atoms with Gasteiger partial charge in [-0.05, 0) is 43.7 Å². The normalized spacial score (nSPS) is 12.6. The molecular weight excluding hydrogens is 266 g/mol. The minimum Gasteiger partial charge on any atom is -0.313 e. The van der Waals surface area contributed by atoms with Crippen molar-refractivity contribution in [1.29, 1.82) is 0 Å². The second-order valence-electron chi connectivity index (χ2n) is 5.75. The van der Waals surface area contributed by atoms with Gasteiger partial charge in [0.25, 0.3) is 0 Å². The highest BCUT2D eigenvalue weighted by atomic mass is 35.5. The van der Waals surface area contributed by atoms with Crippen LogP contribution in [0.1, 0.15) is 75.5 Å². The second-order valence-corrected chi connectivity index (χ2v) is 6.19. The third-order valence-electron chi connectivity index (χ3n) is 4.06. The van der Waals surface area contributed by atoms with Crippen LogP contribution in [0.25, 0.3) is 0 Å². The van der Waals surface area contributed by atoms with Crippen molar-refractivity contribution in [3.63, 3.8) is 0 Å². The summed E-state index contributed by atoms with van der Waals surface area (Å²) in [6.07, 6.45) is 10.7. The van der Waals surface area contributed by atoms with E-state index in [0.29, 0.717) is 6.04 Å². The highest BCUT2D eigenvalue weighted by Gasteiger charge is 2.11. The monoisotopic (exact) mass is 295 g/mol. The first-order valence-corrected chi connectivity index (χ1v) is 8.50. The van der Waals surface area contributed by atoms with E-state index in [9.17, 15) is 0 Å². The van der Waals surface area contributed by atoms with Gasteiger partial charge in [0.1, 0.15) is 0 Å². The standard InChI is InChI=1S/C18H30ClN/c1-4-5-6-7-8-9-10-11-18(20-3)17-14-16(19)13-12-15(17)2/h12-14,18,20H,4-11H2,1-3H3. The number of unbranched alkanes of at least 4 members (excludes halogenated alkanes) is 6. The Morgan fingerprint density at radius 3 is 2.35 bits per heavy atom. The topological polar surface area (TPSA) is 12.0 Å². The molecule has 1 rings (SSSR count). The van der Waals surface area contributed by atoms with Crippen molar-refractivity contribution >= 4 is 11.6 Å². The lowest BCUT2D eigenvalue weighted by Gasteiger charge is -2.19. The molecule has 0 radical (unpaired) electrons. The highest BCUT2D eigenvalue weighted by Crippen LogP contribution is 2.26. The Bertz CT molecular complexity index is 376. The van der Waals surface area contributed by atoms with Crippen LogP contribution in [-0.2, 0) is 0 Å². The smallest absolute Gasteiger partial charge is 0.0409 e. The summed E-state index contributed by atoms with van der Waals surface area (Å²) >= 11 is 6.12. The molecule has 2 heteroatoms. The van der Waals surface area contributed by atoms with Gasteiger partial charge >= 0.3 is 0 Å². The Hall–Kier alpha value is -0.530. The van der Waals surface area contributed by atoms with E-state index >= 15 is 0 Å². The van der Waals surface area contributed by atoms with E-state index in [-0.39, 0.29) is 0 Å². The average Bonchev–Trinajstić information content (AvgIpc) is 2.45. The SMILES string of the molecule is CCCCCCCCCC(NC)c1cc(Cl)ccc1C. The number of halogens is 1. The van der Waals surface area contributed by atoms with Gasteiger partial charge < -0.3 is 5.32 Å². The molecule has 0 heterocycles. The summed E-state index contributed by atoms with van der Waals surface area (Å²) in [7, 11) is 2.05. The van der Waals surface area contributed by atoms with Crippen LogP contribution in [0.15, 0.2) is 18.2 Å². The molecule has 0 saturated carbocycles. The molecule has 0 fully saturated rings. The molecule has 114 valence electrons. The van der Waals surface area contributed by atoms with Crippen molar-refractivity contribution in [2.45, 2.75) is 71.3 Å². The van der Waals surface area contributed by atoms with Crippen molar-refractivity contribution in [3.05, 3.63) is 34.3 Å². The van der Waals surface area contributed by atoms with Gasteiger partial charge in [-0.25, -0.2) is 0 Å². The summed E-state index contributed by atoms with van der Waals surface area (Å²) in [5.74, 6) is 0. The summed E-state index contributed by atoms with van der Waals surface area (Å²) in [5.41, 5.74) is 2.68. The van der Waals surface area contributed by atoms with Crippen LogP contribution in [0.5, 0.6) is 0 Å². The van der Waals surface area contributed by atoms with Gasteiger partial charge in [0, 0.05) is 11.1 Å². The number of aryl methyl sites for hydroxylation is 1. The van der Waals surface area contributed by atoms with E-state index in [1.54, 1.807) is 0 Å². The van der Waals surface area contributed by atoms with Crippen LogP contribution >= 0.6 is 11.6 Å². The van der Waals surface area contributed by atoms with E-state index in [1.807, 2.05) is 13.1 Å². The van der Waals surface area contributed by atoms with Crippen LogP contribution in [0, 0.1) is 6.92 Å². The lowest BCUT2D eigenvalue weighted by molar-refractivity contribution is 0.494. The lowest BCUT2D eigenvalue weighted by Crippen LogP contribution is -2.17. The van der Waals surface area contributed by atoms with Gasteiger partial charge in [-0.1, -0.05) is 69.5 Å². The summed E-state index contributed by atoms with van der Waals surface area (Å²) in [4.78, 5) is 0. The number of benzene rings is 1. The van der Waals surface area contributed by atoms with Gasteiger partial charge in [0.15, 0.2) is 0 Å². The molecule has 1 nitrogen and oxygen atoms in total. The molecule has 0 bridgehead atoms. The van der Waals surface area contributed by atoms with Gasteiger partial charge in [-0.2, -0.15) is 0 Å². The number of nitrogens with one attached hydrogen (secondary N) is 1. The summed E-state index contributed by atoms with van der Waals surface area (Å²) in [6, 6.07) is 6.64. The molecule has 0 aliphatic carbocycles. The Morgan fingerprint density at radius 2 is 1.70 bits per heavy atom. The van der Waals surface area contributed by atoms with Gasteiger partial charge in [0.05, 0.1) is 0 Å². The Kier molecular flexibility index (Phi) is 8.97. The first kappa shape index (κ1) is 17.5. The molecule has 1 N–H and O–H groups in total. The molecule has 0 aromatic heterocycles. The van der Waals surface area contributed by atoms with E-state index in [4.69, 9.17) is 11.6 Å². The number of hydrogen-bond acceptors (Lipinski definition) is 1. The van der Waals surface area contributed by atoms with Crippen molar-refractivity contribution < 1.29 is 0 Å². The van der Waals surface area contributed by atoms with Crippen molar-refractivity contribution in [1.82, 2.24) is 5.32 Å². The number of rotatable bonds is 10. The summed E-state index contributed by atoms with van der Waals surface area (Å²) < 4.78 is 0. The molecule has 0 aliphatic rings.